The average Bonchev–Trinajstić information content (AvgIpc) is 2.26. The van der Waals surface area contributed by atoms with E-state index < -0.39 is 11.5 Å². The second-order valence-electron chi connectivity index (χ2n) is 4.77. The molecule has 4 nitrogen and oxygen atoms in total. The van der Waals surface area contributed by atoms with Crippen LogP contribution in [-0.4, -0.2) is 28.9 Å². The van der Waals surface area contributed by atoms with E-state index >= 15 is 0 Å². The molecule has 1 unspecified atom stereocenters. The molecule has 0 aliphatic heterocycles. The van der Waals surface area contributed by atoms with Gasteiger partial charge >= 0.3 is 5.97 Å². The van der Waals surface area contributed by atoms with Crippen molar-refractivity contribution in [3.63, 3.8) is 0 Å². The van der Waals surface area contributed by atoms with Gasteiger partial charge in [0.25, 0.3) is 0 Å². The van der Waals surface area contributed by atoms with Crippen LogP contribution in [0.2, 0.25) is 0 Å². The highest BCUT2D eigenvalue weighted by Crippen LogP contribution is 2.30. The summed E-state index contributed by atoms with van der Waals surface area (Å²) in [7, 11) is 1.51. The summed E-state index contributed by atoms with van der Waals surface area (Å²) in [6.07, 6.45) is 0. The maximum Gasteiger partial charge on any atom is 0.334 e. The van der Waals surface area contributed by atoms with E-state index in [1.165, 1.54) is 18.9 Å². The maximum absolute atomic E-state index is 11.6. The van der Waals surface area contributed by atoms with Crippen molar-refractivity contribution in [2.45, 2.75) is 33.2 Å². The third kappa shape index (κ3) is 2.23. The van der Waals surface area contributed by atoms with E-state index in [4.69, 9.17) is 0 Å². The zero-order valence-corrected chi connectivity index (χ0v) is 11.4. The molecule has 0 spiro atoms. The molecule has 98 valence electrons. The molecule has 0 radical (unpaired) electrons. The van der Waals surface area contributed by atoms with Gasteiger partial charge in [-0.25, -0.2) is 4.79 Å². The Bertz CT molecular complexity index is 496. The lowest BCUT2D eigenvalue weighted by Gasteiger charge is -2.36. The van der Waals surface area contributed by atoms with Crippen molar-refractivity contribution in [3.05, 3.63) is 34.9 Å². The van der Waals surface area contributed by atoms with Crippen molar-refractivity contribution < 1.29 is 14.7 Å². The van der Waals surface area contributed by atoms with E-state index in [-0.39, 0.29) is 5.91 Å². The molecule has 0 saturated heterocycles. The van der Waals surface area contributed by atoms with Gasteiger partial charge in [-0.2, -0.15) is 0 Å². The predicted octanol–water partition coefficient (Wildman–Crippen LogP) is 2.08. The van der Waals surface area contributed by atoms with Gasteiger partial charge < -0.3 is 10.0 Å². The molecule has 4 heteroatoms. The van der Waals surface area contributed by atoms with E-state index in [1.807, 2.05) is 26.0 Å². The van der Waals surface area contributed by atoms with E-state index in [1.54, 1.807) is 13.0 Å². The summed E-state index contributed by atoms with van der Waals surface area (Å²) >= 11 is 0. The molecule has 1 N–H and O–H groups in total. The highest BCUT2D eigenvalue weighted by molar-refractivity contribution is 5.87. The van der Waals surface area contributed by atoms with Crippen LogP contribution in [0.25, 0.3) is 0 Å². The Morgan fingerprint density at radius 1 is 1.28 bits per heavy atom. The molecule has 0 aliphatic rings. The highest BCUT2D eigenvalue weighted by atomic mass is 16.4. The van der Waals surface area contributed by atoms with Crippen LogP contribution in [0.4, 0.5) is 0 Å². The van der Waals surface area contributed by atoms with Crippen LogP contribution in [0.1, 0.15) is 30.5 Å². The van der Waals surface area contributed by atoms with Crippen LogP contribution in [0.15, 0.2) is 18.2 Å². The summed E-state index contributed by atoms with van der Waals surface area (Å²) in [6, 6.07) is 5.56. The van der Waals surface area contributed by atoms with Crippen molar-refractivity contribution in [1.29, 1.82) is 0 Å². The minimum Gasteiger partial charge on any atom is -0.479 e. The lowest BCUT2D eigenvalue weighted by molar-refractivity contribution is -0.156. The SMILES string of the molecule is CC(=O)N(C)C(C)(C(=O)O)c1ccc(C)cc1C. The molecule has 0 bridgehead atoms. The summed E-state index contributed by atoms with van der Waals surface area (Å²) < 4.78 is 0. The smallest absolute Gasteiger partial charge is 0.334 e. The number of carboxylic acids is 1. The number of hydrogen-bond acceptors (Lipinski definition) is 2. The fourth-order valence-corrected chi connectivity index (χ4v) is 2.11. The zero-order valence-electron chi connectivity index (χ0n) is 11.4. The van der Waals surface area contributed by atoms with Crippen molar-refractivity contribution in [3.8, 4) is 0 Å². The zero-order chi connectivity index (χ0) is 14.1. The normalized spacial score (nSPS) is 13.8. The fourth-order valence-electron chi connectivity index (χ4n) is 2.11. The van der Waals surface area contributed by atoms with Gasteiger partial charge in [0.1, 0.15) is 0 Å². The third-order valence-corrected chi connectivity index (χ3v) is 3.47. The number of carbonyl (C=O) groups excluding carboxylic acids is 1. The Hall–Kier alpha value is -1.84. The molecule has 18 heavy (non-hydrogen) atoms. The van der Waals surface area contributed by atoms with Crippen LogP contribution in [0.3, 0.4) is 0 Å². The van der Waals surface area contributed by atoms with E-state index in [2.05, 4.69) is 0 Å². The van der Waals surface area contributed by atoms with Crippen LogP contribution in [0.5, 0.6) is 0 Å². The van der Waals surface area contributed by atoms with Crippen molar-refractivity contribution in [2.75, 3.05) is 7.05 Å². The summed E-state index contributed by atoms with van der Waals surface area (Å²) in [4.78, 5) is 24.4. The Kier molecular flexibility index (Phi) is 3.79. The summed E-state index contributed by atoms with van der Waals surface area (Å²) in [5.74, 6) is -1.31. The molecule has 0 aliphatic carbocycles. The fraction of sp³-hybridized carbons (Fsp3) is 0.429. The number of benzene rings is 1. The van der Waals surface area contributed by atoms with Crippen molar-refractivity contribution in [1.82, 2.24) is 4.90 Å². The largest absolute Gasteiger partial charge is 0.479 e. The number of rotatable bonds is 3. The van der Waals surface area contributed by atoms with Gasteiger partial charge in [-0.05, 0) is 31.9 Å². The molecule has 0 heterocycles. The van der Waals surface area contributed by atoms with Crippen molar-refractivity contribution >= 4 is 11.9 Å². The molecule has 0 aromatic heterocycles. The first kappa shape index (κ1) is 14.2. The quantitative estimate of drug-likeness (QED) is 0.892. The minimum atomic E-state index is -1.34. The maximum atomic E-state index is 11.6. The Labute approximate surface area is 107 Å². The van der Waals surface area contributed by atoms with Crippen LogP contribution < -0.4 is 0 Å². The number of hydrogen-bond donors (Lipinski definition) is 1. The molecule has 0 fully saturated rings. The van der Waals surface area contributed by atoms with Crippen LogP contribution in [-0.2, 0) is 15.1 Å². The average molecular weight is 249 g/mol. The summed E-state index contributed by atoms with van der Waals surface area (Å²) in [5, 5.41) is 9.51. The van der Waals surface area contributed by atoms with Crippen LogP contribution in [0, 0.1) is 13.8 Å². The van der Waals surface area contributed by atoms with E-state index in [0.717, 1.165) is 11.1 Å². The van der Waals surface area contributed by atoms with E-state index in [9.17, 15) is 14.7 Å². The topological polar surface area (TPSA) is 57.6 Å². The van der Waals surface area contributed by atoms with Gasteiger partial charge in [-0.1, -0.05) is 23.8 Å². The van der Waals surface area contributed by atoms with Gasteiger partial charge in [0, 0.05) is 14.0 Å². The van der Waals surface area contributed by atoms with Gasteiger partial charge in [-0.15, -0.1) is 0 Å². The molecule has 1 atom stereocenters. The van der Waals surface area contributed by atoms with E-state index in [0.29, 0.717) is 5.56 Å². The molecule has 0 saturated carbocycles. The lowest BCUT2D eigenvalue weighted by Crippen LogP contribution is -2.50. The number of carbonyl (C=O) groups is 2. The highest BCUT2D eigenvalue weighted by Gasteiger charge is 2.41. The first-order valence-corrected chi connectivity index (χ1v) is 5.76. The van der Waals surface area contributed by atoms with Gasteiger partial charge in [0.05, 0.1) is 0 Å². The molecule has 1 aromatic carbocycles. The third-order valence-electron chi connectivity index (χ3n) is 3.47. The lowest BCUT2D eigenvalue weighted by atomic mass is 9.86. The predicted molar refractivity (Wildman–Crippen MR) is 69.3 cm³/mol. The van der Waals surface area contributed by atoms with Gasteiger partial charge in [-0.3, -0.25) is 4.79 Å². The molecule has 1 amide bonds. The number of amides is 1. The minimum absolute atomic E-state index is 0.278. The number of aliphatic carboxylic acids is 1. The van der Waals surface area contributed by atoms with Gasteiger partial charge in [0.2, 0.25) is 5.91 Å². The monoisotopic (exact) mass is 249 g/mol. The summed E-state index contributed by atoms with van der Waals surface area (Å²) in [6.45, 7) is 6.72. The number of carboxylic acid groups (broad SMARTS) is 1. The number of nitrogens with zero attached hydrogens (tertiary/aromatic N) is 1. The Balaban J connectivity index is 3.45. The molecule has 1 aromatic rings. The first-order chi connectivity index (χ1) is 8.21. The number of likely N-dealkylation sites (N-methyl/N-ethyl adjacent to an activating group) is 1. The Morgan fingerprint density at radius 2 is 1.83 bits per heavy atom. The standard InChI is InChI=1S/C14H19NO3/c1-9-6-7-12(10(2)8-9)14(4,13(17)18)15(5)11(3)16/h6-8H,1-5H3,(H,17,18). The second-order valence-corrected chi connectivity index (χ2v) is 4.77. The second kappa shape index (κ2) is 4.80. The Morgan fingerprint density at radius 3 is 2.22 bits per heavy atom. The summed E-state index contributed by atoms with van der Waals surface area (Å²) in [5.41, 5.74) is 1.23. The first-order valence-electron chi connectivity index (χ1n) is 5.76. The van der Waals surface area contributed by atoms with Crippen molar-refractivity contribution in [2.24, 2.45) is 0 Å². The van der Waals surface area contributed by atoms with Gasteiger partial charge in [0.15, 0.2) is 5.54 Å². The number of aryl methyl sites for hydroxylation is 2. The molecular weight excluding hydrogens is 230 g/mol. The molecule has 1 rings (SSSR count). The van der Waals surface area contributed by atoms with Crippen LogP contribution >= 0.6 is 0 Å². The molecular formula is C14H19NO3.